The van der Waals surface area contributed by atoms with Crippen LogP contribution in [0.25, 0.3) is 10.8 Å². The molecule has 100 valence electrons. The van der Waals surface area contributed by atoms with Crippen LogP contribution in [0.15, 0.2) is 35.2 Å². The van der Waals surface area contributed by atoms with Gasteiger partial charge in [-0.15, -0.1) is 0 Å². The van der Waals surface area contributed by atoms with Gasteiger partial charge in [-0.2, -0.15) is 0 Å². The second kappa shape index (κ2) is 4.52. The summed E-state index contributed by atoms with van der Waals surface area (Å²) in [6, 6.07) is 7.20. The number of amides is 1. The van der Waals surface area contributed by atoms with Gasteiger partial charge < -0.3 is 10.4 Å². The van der Waals surface area contributed by atoms with Crippen LogP contribution in [0.3, 0.4) is 0 Å². The van der Waals surface area contributed by atoms with Crippen LogP contribution in [0.1, 0.15) is 6.92 Å². The van der Waals surface area contributed by atoms with Gasteiger partial charge in [-0.25, -0.2) is 13.6 Å². The van der Waals surface area contributed by atoms with Gasteiger partial charge in [0.1, 0.15) is 5.75 Å². The minimum Gasteiger partial charge on any atom is -0.507 e. The molecule has 0 saturated carbocycles. The SMILES string of the molecule is CC(=O)Nc1ccc2cc(S(N)(=O)=O)cc(O)c2c1. The van der Waals surface area contributed by atoms with Crippen LogP contribution in [0, 0.1) is 0 Å². The average Bonchev–Trinajstić information content (AvgIpc) is 2.27. The zero-order chi connectivity index (χ0) is 14.2. The van der Waals surface area contributed by atoms with Gasteiger partial charge in [0.05, 0.1) is 4.90 Å². The number of aromatic hydroxyl groups is 1. The second-order valence-corrected chi connectivity index (χ2v) is 5.67. The minimum absolute atomic E-state index is 0.162. The first-order valence-electron chi connectivity index (χ1n) is 5.34. The Morgan fingerprint density at radius 1 is 1.26 bits per heavy atom. The molecule has 6 nitrogen and oxygen atoms in total. The van der Waals surface area contributed by atoms with E-state index in [9.17, 15) is 18.3 Å². The smallest absolute Gasteiger partial charge is 0.238 e. The first-order chi connectivity index (χ1) is 8.77. The van der Waals surface area contributed by atoms with E-state index in [-0.39, 0.29) is 16.6 Å². The lowest BCUT2D eigenvalue weighted by Gasteiger charge is -2.07. The molecule has 0 spiro atoms. The van der Waals surface area contributed by atoms with Gasteiger partial charge in [-0.1, -0.05) is 6.07 Å². The molecule has 0 unspecified atom stereocenters. The Balaban J connectivity index is 2.63. The monoisotopic (exact) mass is 280 g/mol. The molecule has 0 aromatic heterocycles. The van der Waals surface area contributed by atoms with E-state index in [1.807, 2.05) is 0 Å². The summed E-state index contributed by atoms with van der Waals surface area (Å²) in [7, 11) is -3.88. The van der Waals surface area contributed by atoms with Crippen molar-refractivity contribution in [3.63, 3.8) is 0 Å². The Morgan fingerprint density at radius 2 is 1.95 bits per heavy atom. The van der Waals surface area contributed by atoms with Gasteiger partial charge in [-0.3, -0.25) is 4.79 Å². The summed E-state index contributed by atoms with van der Waals surface area (Å²) in [5.41, 5.74) is 0.513. The fraction of sp³-hybridized carbons (Fsp3) is 0.0833. The molecular formula is C12H12N2O4S. The van der Waals surface area contributed by atoms with Gasteiger partial charge in [-0.05, 0) is 23.6 Å². The van der Waals surface area contributed by atoms with E-state index in [0.29, 0.717) is 16.5 Å². The van der Waals surface area contributed by atoms with E-state index in [4.69, 9.17) is 5.14 Å². The molecule has 0 bridgehead atoms. The molecule has 2 aromatic carbocycles. The Labute approximate surface area is 109 Å². The first kappa shape index (κ1) is 13.3. The summed E-state index contributed by atoms with van der Waals surface area (Å²) in [5, 5.41) is 18.4. The predicted molar refractivity (Wildman–Crippen MR) is 71.3 cm³/mol. The number of benzene rings is 2. The largest absolute Gasteiger partial charge is 0.507 e. The zero-order valence-electron chi connectivity index (χ0n) is 10.0. The fourth-order valence-corrected chi connectivity index (χ4v) is 2.32. The summed E-state index contributed by atoms with van der Waals surface area (Å²) >= 11 is 0. The fourth-order valence-electron chi connectivity index (χ4n) is 1.76. The topological polar surface area (TPSA) is 109 Å². The predicted octanol–water partition coefficient (Wildman–Crippen LogP) is 1.15. The van der Waals surface area contributed by atoms with Crippen LogP contribution in [0.5, 0.6) is 5.75 Å². The maximum absolute atomic E-state index is 11.3. The van der Waals surface area contributed by atoms with Crippen LogP contribution in [-0.2, 0) is 14.8 Å². The molecule has 0 aliphatic heterocycles. The van der Waals surface area contributed by atoms with Crippen LogP contribution < -0.4 is 10.5 Å². The highest BCUT2D eigenvalue weighted by atomic mass is 32.2. The third-order valence-corrected chi connectivity index (χ3v) is 3.45. The summed E-state index contributed by atoms with van der Waals surface area (Å²) in [6.07, 6.45) is 0. The van der Waals surface area contributed by atoms with Crippen molar-refractivity contribution in [2.24, 2.45) is 5.14 Å². The Bertz CT molecular complexity index is 769. The third-order valence-electron chi connectivity index (χ3n) is 2.55. The van der Waals surface area contributed by atoms with E-state index in [0.717, 1.165) is 6.07 Å². The lowest BCUT2D eigenvalue weighted by Crippen LogP contribution is -2.12. The van der Waals surface area contributed by atoms with Crippen molar-refractivity contribution in [3.8, 4) is 5.75 Å². The maximum Gasteiger partial charge on any atom is 0.238 e. The number of rotatable bonds is 2. The molecule has 0 heterocycles. The molecule has 0 saturated heterocycles. The van der Waals surface area contributed by atoms with Crippen molar-refractivity contribution < 1.29 is 18.3 Å². The van der Waals surface area contributed by atoms with E-state index < -0.39 is 10.0 Å². The van der Waals surface area contributed by atoms with Crippen LogP contribution in [0.4, 0.5) is 5.69 Å². The second-order valence-electron chi connectivity index (χ2n) is 4.10. The number of sulfonamides is 1. The van der Waals surface area contributed by atoms with Crippen molar-refractivity contribution in [1.29, 1.82) is 0 Å². The highest BCUT2D eigenvalue weighted by molar-refractivity contribution is 7.89. The highest BCUT2D eigenvalue weighted by Gasteiger charge is 2.12. The quantitative estimate of drug-likeness (QED) is 0.766. The lowest BCUT2D eigenvalue weighted by atomic mass is 10.1. The number of nitrogens with one attached hydrogen (secondary N) is 1. The molecule has 0 aliphatic rings. The highest BCUT2D eigenvalue weighted by Crippen LogP contribution is 2.30. The molecule has 2 aromatic rings. The normalized spacial score (nSPS) is 11.5. The van der Waals surface area contributed by atoms with Crippen molar-refractivity contribution in [3.05, 3.63) is 30.3 Å². The summed E-state index contributed by atoms with van der Waals surface area (Å²) in [6.45, 7) is 1.37. The van der Waals surface area contributed by atoms with Gasteiger partial charge in [0.25, 0.3) is 0 Å². The molecule has 0 fully saturated rings. The van der Waals surface area contributed by atoms with Crippen molar-refractivity contribution >= 4 is 32.4 Å². The molecule has 0 aliphatic carbocycles. The van der Waals surface area contributed by atoms with Gasteiger partial charge in [0.15, 0.2) is 0 Å². The molecule has 0 radical (unpaired) electrons. The molecular weight excluding hydrogens is 268 g/mol. The van der Waals surface area contributed by atoms with Crippen LogP contribution in [-0.4, -0.2) is 19.4 Å². The summed E-state index contributed by atoms with van der Waals surface area (Å²) in [5.74, 6) is -0.450. The number of carbonyl (C=O) groups is 1. The number of fused-ring (bicyclic) bond motifs is 1. The Kier molecular flexibility index (Phi) is 3.17. The molecule has 2 rings (SSSR count). The third kappa shape index (κ3) is 2.83. The number of anilines is 1. The molecule has 7 heteroatoms. The van der Waals surface area contributed by atoms with Gasteiger partial charge >= 0.3 is 0 Å². The molecule has 0 atom stereocenters. The maximum atomic E-state index is 11.3. The van der Waals surface area contributed by atoms with Gasteiger partial charge in [0, 0.05) is 24.1 Å². The number of carbonyl (C=O) groups excluding carboxylic acids is 1. The lowest BCUT2D eigenvalue weighted by molar-refractivity contribution is -0.114. The van der Waals surface area contributed by atoms with Crippen LogP contribution >= 0.6 is 0 Å². The van der Waals surface area contributed by atoms with Crippen molar-refractivity contribution in [1.82, 2.24) is 0 Å². The Morgan fingerprint density at radius 3 is 2.53 bits per heavy atom. The number of nitrogens with two attached hydrogens (primary N) is 1. The average molecular weight is 280 g/mol. The van der Waals surface area contributed by atoms with Gasteiger partial charge in [0.2, 0.25) is 15.9 Å². The zero-order valence-corrected chi connectivity index (χ0v) is 10.9. The van der Waals surface area contributed by atoms with E-state index >= 15 is 0 Å². The van der Waals surface area contributed by atoms with E-state index in [1.165, 1.54) is 13.0 Å². The van der Waals surface area contributed by atoms with E-state index in [2.05, 4.69) is 5.32 Å². The Hall–Kier alpha value is -2.12. The molecule has 19 heavy (non-hydrogen) atoms. The summed E-state index contributed by atoms with van der Waals surface area (Å²) in [4.78, 5) is 10.8. The number of primary sulfonamides is 1. The minimum atomic E-state index is -3.88. The number of phenols is 1. The number of hydrogen-bond donors (Lipinski definition) is 3. The summed E-state index contributed by atoms with van der Waals surface area (Å²) < 4.78 is 22.5. The standard InChI is InChI=1S/C12H12N2O4S/c1-7(15)14-9-3-2-8-4-10(19(13,17)18)6-12(16)11(8)5-9/h2-6,16H,1H3,(H,14,15)(H2,13,17,18). The van der Waals surface area contributed by atoms with Crippen molar-refractivity contribution in [2.45, 2.75) is 11.8 Å². The molecule has 4 N–H and O–H groups in total. The number of phenolic OH excluding ortho intramolecular Hbond substituents is 1. The van der Waals surface area contributed by atoms with E-state index in [1.54, 1.807) is 18.2 Å². The number of hydrogen-bond acceptors (Lipinski definition) is 4. The van der Waals surface area contributed by atoms with Crippen molar-refractivity contribution in [2.75, 3.05) is 5.32 Å². The van der Waals surface area contributed by atoms with Crippen LogP contribution in [0.2, 0.25) is 0 Å². The first-order valence-corrected chi connectivity index (χ1v) is 6.89. The molecule has 1 amide bonds.